The number of rotatable bonds is 6. The van der Waals surface area contributed by atoms with E-state index in [4.69, 9.17) is 20.4 Å². The number of aliphatic carboxylic acids is 4. The largest absolute Gasteiger partial charge is 0.478 e. The first-order chi connectivity index (χ1) is 9.25. The van der Waals surface area contributed by atoms with Crippen molar-refractivity contribution < 1.29 is 39.6 Å². The summed E-state index contributed by atoms with van der Waals surface area (Å²) in [4.78, 5) is 39.1. The molecule has 0 aliphatic heterocycles. The molecule has 4 N–H and O–H groups in total. The lowest BCUT2D eigenvalue weighted by atomic mass is 10.4. The predicted molar refractivity (Wildman–Crippen MR) is 81.6 cm³/mol. The van der Waals surface area contributed by atoms with Gasteiger partial charge in [-0.3, -0.25) is 0 Å². The van der Waals surface area contributed by atoms with Crippen LogP contribution in [-0.4, -0.2) is 44.3 Å². The Kier molecular flexibility index (Phi) is 23.2. The molecule has 0 fully saturated rings. The van der Waals surface area contributed by atoms with Crippen molar-refractivity contribution in [3.05, 3.63) is 48.6 Å². The van der Waals surface area contributed by atoms with E-state index in [0.717, 1.165) is 48.6 Å². The Balaban J connectivity index is -0.000000135. The molecule has 0 aromatic carbocycles. The minimum absolute atomic E-state index is 0. The first-order valence-corrected chi connectivity index (χ1v) is 4.87. The van der Waals surface area contributed by atoms with Crippen molar-refractivity contribution >= 4 is 48.7 Å². The molecule has 0 aromatic rings. The molecule has 0 bridgehead atoms. The van der Waals surface area contributed by atoms with Crippen molar-refractivity contribution in [2.75, 3.05) is 0 Å². The summed E-state index contributed by atoms with van der Waals surface area (Å²) in [6.45, 7) is 0. The van der Waals surface area contributed by atoms with E-state index in [9.17, 15) is 19.2 Å². The van der Waals surface area contributed by atoms with Gasteiger partial charge in [-0.2, -0.15) is 0 Å². The molecule has 0 rings (SSSR count). The molecule has 10 heteroatoms. The quantitative estimate of drug-likeness (QED) is 0.411. The number of halogens is 2. The fourth-order valence-electron chi connectivity index (χ4n) is 0.551. The Labute approximate surface area is 137 Å². The van der Waals surface area contributed by atoms with Gasteiger partial charge >= 0.3 is 23.9 Å². The van der Waals surface area contributed by atoms with E-state index in [1.165, 1.54) is 0 Å². The van der Waals surface area contributed by atoms with Gasteiger partial charge in [0.15, 0.2) is 0 Å². The second kappa shape index (κ2) is 18.4. The smallest absolute Gasteiger partial charge is 0.328 e. The molecule has 0 aliphatic carbocycles. The van der Waals surface area contributed by atoms with Crippen molar-refractivity contribution in [1.82, 2.24) is 0 Å². The van der Waals surface area contributed by atoms with Crippen LogP contribution in [0.4, 0.5) is 0 Å². The zero-order valence-electron chi connectivity index (χ0n) is 10.9. The van der Waals surface area contributed by atoms with Crippen molar-refractivity contribution in [1.29, 1.82) is 0 Å². The van der Waals surface area contributed by atoms with Crippen LogP contribution in [0.15, 0.2) is 48.6 Å². The number of carbonyl (C=O) groups is 4. The minimum atomic E-state index is -1.10. The van der Waals surface area contributed by atoms with E-state index in [2.05, 4.69) is 0 Å². The van der Waals surface area contributed by atoms with Crippen molar-refractivity contribution in [3.63, 3.8) is 0 Å². The third-order valence-electron chi connectivity index (χ3n) is 1.18. The highest BCUT2D eigenvalue weighted by Gasteiger charge is 1.84. The van der Waals surface area contributed by atoms with Crippen LogP contribution in [0, 0.1) is 0 Å². The topological polar surface area (TPSA) is 149 Å². The minimum Gasteiger partial charge on any atom is -0.478 e. The Morgan fingerprint density at radius 2 is 0.591 bits per heavy atom. The Morgan fingerprint density at radius 1 is 0.455 bits per heavy atom. The number of allylic oxidation sites excluding steroid dienone is 4. The summed E-state index contributed by atoms with van der Waals surface area (Å²) in [6, 6.07) is 0. The van der Waals surface area contributed by atoms with Crippen molar-refractivity contribution in [2.24, 2.45) is 0 Å². The number of hydrogen-bond donors (Lipinski definition) is 4. The van der Waals surface area contributed by atoms with Crippen LogP contribution in [0.25, 0.3) is 0 Å². The standard InChI is InChI=1S/2C6H6O4.2ClH/c2*7-5(8)3-1-2-4-6(9)10;;/h2*1-4H,(H,7,8)(H,9,10);2*1H. The Morgan fingerprint density at radius 3 is 0.682 bits per heavy atom. The number of carboxylic acid groups (broad SMARTS) is 4. The fourth-order valence-corrected chi connectivity index (χ4v) is 0.551. The summed E-state index contributed by atoms with van der Waals surface area (Å²) in [5.41, 5.74) is 0. The van der Waals surface area contributed by atoms with E-state index in [1.807, 2.05) is 0 Å². The molecule has 0 atom stereocenters. The highest BCUT2D eigenvalue weighted by molar-refractivity contribution is 5.85. The zero-order chi connectivity index (χ0) is 16.0. The molecule has 0 saturated carbocycles. The Hall–Kier alpha value is -2.58. The van der Waals surface area contributed by atoms with Crippen LogP contribution in [0.1, 0.15) is 0 Å². The van der Waals surface area contributed by atoms with Crippen LogP contribution >= 0.6 is 24.8 Å². The van der Waals surface area contributed by atoms with Crippen LogP contribution in [0.2, 0.25) is 0 Å². The van der Waals surface area contributed by atoms with Crippen molar-refractivity contribution in [3.8, 4) is 0 Å². The molecule has 124 valence electrons. The summed E-state index contributed by atoms with van der Waals surface area (Å²) < 4.78 is 0. The lowest BCUT2D eigenvalue weighted by molar-refractivity contribution is -0.132. The second-order valence-corrected chi connectivity index (χ2v) is 2.79. The Bertz CT molecular complexity index is 390. The van der Waals surface area contributed by atoms with Gasteiger partial charge in [0, 0.05) is 24.3 Å². The molecule has 0 aliphatic rings. The molecule has 0 amide bonds. The van der Waals surface area contributed by atoms with E-state index in [-0.39, 0.29) is 24.8 Å². The molecule has 0 unspecified atom stereocenters. The van der Waals surface area contributed by atoms with Gasteiger partial charge in [0.2, 0.25) is 0 Å². The average molecular weight is 357 g/mol. The van der Waals surface area contributed by atoms with Gasteiger partial charge in [0.1, 0.15) is 0 Å². The highest BCUT2D eigenvalue weighted by Crippen LogP contribution is 1.77. The molecule has 8 nitrogen and oxygen atoms in total. The van der Waals surface area contributed by atoms with E-state index < -0.39 is 23.9 Å². The van der Waals surface area contributed by atoms with Crippen molar-refractivity contribution in [2.45, 2.75) is 0 Å². The predicted octanol–water partition coefficient (Wildman–Crippen LogP) is 1.38. The van der Waals surface area contributed by atoms with E-state index >= 15 is 0 Å². The first-order valence-electron chi connectivity index (χ1n) is 4.87. The zero-order valence-corrected chi connectivity index (χ0v) is 12.5. The normalized spacial score (nSPS) is 9.82. The molecule has 22 heavy (non-hydrogen) atoms. The average Bonchev–Trinajstić information content (AvgIpc) is 2.30. The van der Waals surface area contributed by atoms with E-state index in [1.54, 1.807) is 0 Å². The first kappa shape index (κ1) is 27.7. The van der Waals surface area contributed by atoms with Gasteiger partial charge in [-0.05, 0) is 0 Å². The molecule has 0 radical (unpaired) electrons. The lowest BCUT2D eigenvalue weighted by Crippen LogP contribution is -1.86. The molecule has 0 spiro atoms. The van der Waals surface area contributed by atoms with Gasteiger partial charge in [0.25, 0.3) is 0 Å². The summed E-state index contributed by atoms with van der Waals surface area (Å²) in [7, 11) is 0. The molecule has 0 saturated heterocycles. The lowest BCUT2D eigenvalue weighted by Gasteiger charge is -1.75. The van der Waals surface area contributed by atoms with Gasteiger partial charge in [-0.1, -0.05) is 24.3 Å². The van der Waals surface area contributed by atoms with Gasteiger partial charge in [-0.15, -0.1) is 24.8 Å². The summed E-state index contributed by atoms with van der Waals surface area (Å²) in [5, 5.41) is 32.0. The van der Waals surface area contributed by atoms with Crippen LogP contribution < -0.4 is 0 Å². The molecule has 0 aromatic heterocycles. The SMILES string of the molecule is Cl.Cl.O=C(O)C=CC=CC(=O)O.O=C(O)C=CC=CC(=O)O. The van der Waals surface area contributed by atoms with Crippen LogP contribution in [0.3, 0.4) is 0 Å². The molecular formula is C12H14Cl2O8. The number of carboxylic acids is 4. The second-order valence-electron chi connectivity index (χ2n) is 2.79. The maximum atomic E-state index is 9.78. The van der Waals surface area contributed by atoms with Gasteiger partial charge in [0.05, 0.1) is 0 Å². The van der Waals surface area contributed by atoms with Crippen LogP contribution in [0.5, 0.6) is 0 Å². The van der Waals surface area contributed by atoms with Gasteiger partial charge in [-0.25, -0.2) is 19.2 Å². The summed E-state index contributed by atoms with van der Waals surface area (Å²) >= 11 is 0. The third-order valence-corrected chi connectivity index (χ3v) is 1.18. The fraction of sp³-hybridized carbons (Fsp3) is 0. The molecular weight excluding hydrogens is 343 g/mol. The summed E-state index contributed by atoms with van der Waals surface area (Å²) in [6.07, 6.45) is 7.93. The maximum Gasteiger partial charge on any atom is 0.328 e. The summed E-state index contributed by atoms with van der Waals surface area (Å²) in [5.74, 6) is -4.41. The number of hydrogen-bond acceptors (Lipinski definition) is 4. The van der Waals surface area contributed by atoms with Crippen LogP contribution in [-0.2, 0) is 19.2 Å². The van der Waals surface area contributed by atoms with E-state index in [0.29, 0.717) is 0 Å². The maximum absolute atomic E-state index is 9.78. The monoisotopic (exact) mass is 356 g/mol. The molecule has 0 heterocycles. The van der Waals surface area contributed by atoms with Gasteiger partial charge < -0.3 is 20.4 Å². The highest BCUT2D eigenvalue weighted by atomic mass is 35.5. The third kappa shape index (κ3) is 36.0.